The fraction of sp³-hybridized carbons (Fsp3) is 0.389. The Kier molecular flexibility index (Phi) is 3.93. The Hall–Kier alpha value is -1.87. The van der Waals surface area contributed by atoms with E-state index in [0.717, 1.165) is 30.5 Å². The summed E-state index contributed by atoms with van der Waals surface area (Å²) in [6.45, 7) is 1.83. The summed E-state index contributed by atoms with van der Waals surface area (Å²) < 4.78 is 0. The molecule has 0 spiro atoms. The van der Waals surface area contributed by atoms with E-state index in [-0.39, 0.29) is 5.78 Å². The number of nitrogens with one attached hydrogen (secondary N) is 1. The average Bonchev–Trinajstić information content (AvgIpc) is 2.76. The van der Waals surface area contributed by atoms with Crippen LogP contribution in [0.2, 0.25) is 0 Å². The number of allylic oxidation sites excluding steroid dienone is 2. The van der Waals surface area contributed by atoms with E-state index in [1.54, 1.807) is 0 Å². The number of hydrogen-bond acceptors (Lipinski definition) is 3. The maximum absolute atomic E-state index is 12.8. The van der Waals surface area contributed by atoms with Gasteiger partial charge in [0.25, 0.3) is 0 Å². The van der Waals surface area contributed by atoms with Crippen molar-refractivity contribution in [2.75, 3.05) is 5.48 Å². The van der Waals surface area contributed by atoms with E-state index in [9.17, 15) is 4.79 Å². The average molecular weight is 283 g/mol. The molecule has 3 heteroatoms. The Morgan fingerprint density at radius 2 is 1.86 bits per heavy atom. The summed E-state index contributed by atoms with van der Waals surface area (Å²) in [5.74, 6) is 0.102. The van der Waals surface area contributed by atoms with Crippen LogP contribution in [-0.2, 0) is 9.63 Å². The molecule has 0 aliphatic heterocycles. The van der Waals surface area contributed by atoms with Crippen LogP contribution < -0.4 is 5.48 Å². The second-order valence-corrected chi connectivity index (χ2v) is 5.90. The van der Waals surface area contributed by atoms with Crippen LogP contribution in [0.3, 0.4) is 0 Å². The fourth-order valence-electron chi connectivity index (χ4n) is 2.94. The highest BCUT2D eigenvalue weighted by Gasteiger charge is 2.38. The summed E-state index contributed by atoms with van der Waals surface area (Å²) in [6.07, 6.45) is 9.33. The standard InChI is InChI=1S/C18H21NO2/c1-18(21-19-15-9-5-3-6-10-15)13-12-14-8-4-2-7-11-16(14)17(18)20/h3,5-6,9-10,12-13,19H,2,4,7-8,11H2,1H3. The SMILES string of the molecule is CC1(ONc2ccccc2)C=CC2=C(CCCCC2)C1=O. The smallest absolute Gasteiger partial charge is 0.197 e. The first-order valence-corrected chi connectivity index (χ1v) is 7.64. The van der Waals surface area contributed by atoms with Crippen LogP contribution in [0.5, 0.6) is 0 Å². The molecular weight excluding hydrogens is 262 g/mol. The van der Waals surface area contributed by atoms with E-state index in [0.29, 0.717) is 0 Å². The van der Waals surface area contributed by atoms with Crippen molar-refractivity contribution in [3.05, 3.63) is 53.6 Å². The third-order valence-corrected chi connectivity index (χ3v) is 4.24. The Morgan fingerprint density at radius 3 is 2.67 bits per heavy atom. The minimum absolute atomic E-state index is 0.102. The van der Waals surface area contributed by atoms with Gasteiger partial charge in [0.1, 0.15) is 0 Å². The molecule has 2 aliphatic rings. The van der Waals surface area contributed by atoms with Gasteiger partial charge in [0.2, 0.25) is 0 Å². The lowest BCUT2D eigenvalue weighted by Crippen LogP contribution is -2.41. The molecular formula is C18H21NO2. The molecule has 21 heavy (non-hydrogen) atoms. The topological polar surface area (TPSA) is 38.3 Å². The maximum Gasteiger partial charge on any atom is 0.197 e. The molecule has 0 saturated heterocycles. The largest absolute Gasteiger partial charge is 0.291 e. The van der Waals surface area contributed by atoms with Crippen molar-refractivity contribution in [1.29, 1.82) is 0 Å². The predicted octanol–water partition coefficient (Wildman–Crippen LogP) is 4.19. The van der Waals surface area contributed by atoms with E-state index in [1.807, 2.05) is 43.3 Å². The summed E-state index contributed by atoms with van der Waals surface area (Å²) in [5.41, 5.74) is 5.00. The summed E-state index contributed by atoms with van der Waals surface area (Å²) in [7, 11) is 0. The molecule has 1 aromatic carbocycles. The Balaban J connectivity index is 1.75. The van der Waals surface area contributed by atoms with Crippen molar-refractivity contribution in [1.82, 2.24) is 0 Å². The number of anilines is 1. The molecule has 1 aromatic rings. The first-order chi connectivity index (χ1) is 10.2. The number of ketones is 1. The Bertz CT molecular complexity index is 588. The van der Waals surface area contributed by atoms with Gasteiger partial charge in [0, 0.05) is 5.57 Å². The second kappa shape index (κ2) is 5.86. The quantitative estimate of drug-likeness (QED) is 0.845. The van der Waals surface area contributed by atoms with Crippen molar-refractivity contribution < 1.29 is 9.63 Å². The molecule has 0 fully saturated rings. The lowest BCUT2D eigenvalue weighted by atomic mass is 9.84. The van der Waals surface area contributed by atoms with E-state index in [4.69, 9.17) is 4.84 Å². The van der Waals surface area contributed by atoms with Crippen LogP contribution in [0.4, 0.5) is 5.69 Å². The Morgan fingerprint density at radius 1 is 1.10 bits per heavy atom. The van der Waals surface area contributed by atoms with Crippen molar-refractivity contribution in [2.24, 2.45) is 0 Å². The minimum Gasteiger partial charge on any atom is -0.291 e. The molecule has 3 rings (SSSR count). The Labute approximate surface area is 125 Å². The molecule has 3 nitrogen and oxygen atoms in total. The molecule has 0 heterocycles. The number of Topliss-reactive ketones (excluding diaryl/α,β-unsaturated/α-hetero) is 1. The molecule has 0 radical (unpaired) electrons. The molecule has 0 amide bonds. The van der Waals surface area contributed by atoms with Crippen molar-refractivity contribution in [3.63, 3.8) is 0 Å². The van der Waals surface area contributed by atoms with E-state index < -0.39 is 5.60 Å². The van der Waals surface area contributed by atoms with Gasteiger partial charge in [0.05, 0.1) is 5.69 Å². The molecule has 1 N–H and O–H groups in total. The van der Waals surface area contributed by atoms with Crippen molar-refractivity contribution in [2.45, 2.75) is 44.6 Å². The lowest BCUT2D eigenvalue weighted by molar-refractivity contribution is -0.130. The van der Waals surface area contributed by atoms with Gasteiger partial charge in [-0.05, 0) is 56.4 Å². The monoisotopic (exact) mass is 283 g/mol. The van der Waals surface area contributed by atoms with Gasteiger partial charge in [-0.2, -0.15) is 0 Å². The number of carbonyl (C=O) groups is 1. The summed E-state index contributed by atoms with van der Waals surface area (Å²) in [5, 5.41) is 0. The highest BCUT2D eigenvalue weighted by Crippen LogP contribution is 2.34. The molecule has 110 valence electrons. The van der Waals surface area contributed by atoms with Crippen LogP contribution in [0, 0.1) is 0 Å². The minimum atomic E-state index is -0.918. The summed E-state index contributed by atoms with van der Waals surface area (Å²) in [4.78, 5) is 18.5. The first-order valence-electron chi connectivity index (χ1n) is 7.64. The maximum atomic E-state index is 12.8. The third kappa shape index (κ3) is 2.93. The van der Waals surface area contributed by atoms with Gasteiger partial charge in [-0.1, -0.05) is 30.7 Å². The number of rotatable bonds is 3. The zero-order valence-corrected chi connectivity index (χ0v) is 12.4. The van der Waals surface area contributed by atoms with E-state index >= 15 is 0 Å². The summed E-state index contributed by atoms with van der Waals surface area (Å²) in [6, 6.07) is 9.63. The summed E-state index contributed by atoms with van der Waals surface area (Å²) >= 11 is 0. The second-order valence-electron chi connectivity index (χ2n) is 5.90. The van der Waals surface area contributed by atoms with Gasteiger partial charge >= 0.3 is 0 Å². The van der Waals surface area contributed by atoms with Gasteiger partial charge in [-0.25, -0.2) is 0 Å². The molecule has 0 saturated carbocycles. The van der Waals surface area contributed by atoms with Crippen LogP contribution in [-0.4, -0.2) is 11.4 Å². The van der Waals surface area contributed by atoms with Gasteiger partial charge < -0.3 is 0 Å². The zero-order chi connectivity index (χ0) is 14.7. The lowest BCUT2D eigenvalue weighted by Gasteiger charge is -2.30. The molecule has 2 aliphatic carbocycles. The molecule has 0 aromatic heterocycles. The van der Waals surface area contributed by atoms with Crippen LogP contribution in [0.25, 0.3) is 0 Å². The van der Waals surface area contributed by atoms with Crippen LogP contribution in [0.15, 0.2) is 53.6 Å². The van der Waals surface area contributed by atoms with Gasteiger partial charge in [-0.3, -0.25) is 15.1 Å². The fourth-order valence-corrected chi connectivity index (χ4v) is 2.94. The van der Waals surface area contributed by atoms with E-state index in [1.165, 1.54) is 18.4 Å². The zero-order valence-electron chi connectivity index (χ0n) is 12.4. The van der Waals surface area contributed by atoms with Crippen molar-refractivity contribution in [3.8, 4) is 0 Å². The van der Waals surface area contributed by atoms with Crippen LogP contribution >= 0.6 is 0 Å². The highest BCUT2D eigenvalue weighted by molar-refractivity contribution is 6.05. The first kappa shape index (κ1) is 14.1. The normalized spacial score (nSPS) is 25.5. The van der Waals surface area contributed by atoms with Gasteiger partial charge in [-0.15, -0.1) is 0 Å². The van der Waals surface area contributed by atoms with Gasteiger partial charge in [0.15, 0.2) is 11.4 Å². The molecule has 0 bridgehead atoms. The van der Waals surface area contributed by atoms with Crippen molar-refractivity contribution >= 4 is 11.5 Å². The molecule has 1 unspecified atom stereocenters. The number of hydrogen-bond donors (Lipinski definition) is 1. The number of benzene rings is 1. The number of para-hydroxylation sites is 1. The number of carbonyl (C=O) groups excluding carboxylic acids is 1. The highest BCUT2D eigenvalue weighted by atomic mass is 16.7. The van der Waals surface area contributed by atoms with E-state index in [2.05, 4.69) is 11.6 Å². The predicted molar refractivity (Wildman–Crippen MR) is 83.8 cm³/mol. The third-order valence-electron chi connectivity index (χ3n) is 4.24. The molecule has 1 atom stereocenters. The van der Waals surface area contributed by atoms with Crippen LogP contribution in [0.1, 0.15) is 39.0 Å².